The van der Waals surface area contributed by atoms with Crippen LogP contribution in [0.15, 0.2) is 0 Å². The van der Waals surface area contributed by atoms with Gasteiger partial charge in [-0.2, -0.15) is 0 Å². The highest BCUT2D eigenvalue weighted by Crippen LogP contribution is 2.21. The molecule has 3 heteroatoms. The van der Waals surface area contributed by atoms with E-state index in [1.807, 2.05) is 0 Å². The SMILES string of the molecule is CCC1(CC)CN(C(C)CCN(C)C)CCCN1. The first-order valence-corrected chi connectivity index (χ1v) is 7.67. The van der Waals surface area contributed by atoms with Crippen LogP contribution in [-0.2, 0) is 0 Å². The molecule has 0 radical (unpaired) electrons. The average molecular weight is 255 g/mol. The van der Waals surface area contributed by atoms with Gasteiger partial charge in [0.25, 0.3) is 0 Å². The fourth-order valence-corrected chi connectivity index (χ4v) is 2.89. The molecule has 1 N–H and O–H groups in total. The van der Waals surface area contributed by atoms with Gasteiger partial charge in [0.1, 0.15) is 0 Å². The molecular weight excluding hydrogens is 222 g/mol. The van der Waals surface area contributed by atoms with Crippen molar-refractivity contribution in [3.63, 3.8) is 0 Å². The molecule has 18 heavy (non-hydrogen) atoms. The zero-order valence-electron chi connectivity index (χ0n) is 13.1. The van der Waals surface area contributed by atoms with E-state index in [9.17, 15) is 0 Å². The van der Waals surface area contributed by atoms with Crippen LogP contribution in [0.1, 0.15) is 46.5 Å². The second-order valence-corrected chi connectivity index (χ2v) is 6.18. The van der Waals surface area contributed by atoms with Crippen molar-refractivity contribution in [3.05, 3.63) is 0 Å². The van der Waals surface area contributed by atoms with Crippen LogP contribution in [0.5, 0.6) is 0 Å². The molecule has 0 spiro atoms. The van der Waals surface area contributed by atoms with Crippen molar-refractivity contribution < 1.29 is 0 Å². The van der Waals surface area contributed by atoms with Crippen LogP contribution < -0.4 is 5.32 Å². The number of nitrogens with zero attached hydrogens (tertiary/aromatic N) is 2. The smallest absolute Gasteiger partial charge is 0.0303 e. The van der Waals surface area contributed by atoms with E-state index in [-0.39, 0.29) is 0 Å². The quantitative estimate of drug-likeness (QED) is 0.785. The molecule has 0 aromatic heterocycles. The number of rotatable bonds is 6. The summed E-state index contributed by atoms with van der Waals surface area (Å²) in [7, 11) is 4.33. The molecular formula is C15H33N3. The first kappa shape index (κ1) is 15.9. The predicted molar refractivity (Wildman–Crippen MR) is 80.1 cm³/mol. The second kappa shape index (κ2) is 7.46. The van der Waals surface area contributed by atoms with Crippen molar-refractivity contribution in [2.75, 3.05) is 40.3 Å². The molecule has 0 saturated carbocycles. The molecule has 0 amide bonds. The Balaban J connectivity index is 2.57. The minimum absolute atomic E-state index is 0.350. The monoisotopic (exact) mass is 255 g/mol. The lowest BCUT2D eigenvalue weighted by Crippen LogP contribution is -2.52. The van der Waals surface area contributed by atoms with Crippen LogP contribution in [0, 0.1) is 0 Å². The molecule has 1 fully saturated rings. The van der Waals surface area contributed by atoms with Gasteiger partial charge in [-0.3, -0.25) is 4.90 Å². The van der Waals surface area contributed by atoms with Crippen molar-refractivity contribution in [1.29, 1.82) is 0 Å². The van der Waals surface area contributed by atoms with Crippen molar-refractivity contribution in [3.8, 4) is 0 Å². The molecule has 0 aromatic carbocycles. The van der Waals surface area contributed by atoms with Crippen LogP contribution in [-0.4, -0.2) is 61.7 Å². The molecule has 1 rings (SSSR count). The largest absolute Gasteiger partial charge is 0.310 e. The summed E-state index contributed by atoms with van der Waals surface area (Å²) in [4.78, 5) is 5.00. The summed E-state index contributed by atoms with van der Waals surface area (Å²) in [5.74, 6) is 0. The molecule has 1 atom stereocenters. The summed E-state index contributed by atoms with van der Waals surface area (Å²) >= 11 is 0. The zero-order chi connectivity index (χ0) is 13.6. The Bertz CT molecular complexity index is 224. The first-order valence-electron chi connectivity index (χ1n) is 7.67. The summed E-state index contributed by atoms with van der Waals surface area (Å²) < 4.78 is 0. The summed E-state index contributed by atoms with van der Waals surface area (Å²) in [6.07, 6.45) is 5.03. The van der Waals surface area contributed by atoms with E-state index in [4.69, 9.17) is 0 Å². The topological polar surface area (TPSA) is 18.5 Å². The molecule has 1 heterocycles. The minimum atomic E-state index is 0.350. The zero-order valence-corrected chi connectivity index (χ0v) is 13.1. The van der Waals surface area contributed by atoms with E-state index in [0.717, 1.165) is 0 Å². The second-order valence-electron chi connectivity index (χ2n) is 6.18. The Morgan fingerprint density at radius 1 is 1.28 bits per heavy atom. The fourth-order valence-electron chi connectivity index (χ4n) is 2.89. The summed E-state index contributed by atoms with van der Waals surface area (Å²) in [6, 6.07) is 0.699. The Labute approximate surface area is 114 Å². The van der Waals surface area contributed by atoms with E-state index >= 15 is 0 Å². The lowest BCUT2D eigenvalue weighted by Gasteiger charge is -2.38. The van der Waals surface area contributed by atoms with Crippen LogP contribution in [0.25, 0.3) is 0 Å². The first-order chi connectivity index (χ1) is 8.53. The van der Waals surface area contributed by atoms with Gasteiger partial charge in [-0.05, 0) is 66.3 Å². The van der Waals surface area contributed by atoms with Crippen molar-refractivity contribution >= 4 is 0 Å². The van der Waals surface area contributed by atoms with Gasteiger partial charge in [-0.25, -0.2) is 0 Å². The molecule has 1 aliphatic rings. The van der Waals surface area contributed by atoms with Gasteiger partial charge in [0.15, 0.2) is 0 Å². The Hall–Kier alpha value is -0.120. The van der Waals surface area contributed by atoms with Gasteiger partial charge in [0.05, 0.1) is 0 Å². The Morgan fingerprint density at radius 3 is 2.50 bits per heavy atom. The van der Waals surface area contributed by atoms with Crippen molar-refractivity contribution in [1.82, 2.24) is 15.1 Å². The summed E-state index contributed by atoms with van der Waals surface area (Å²) in [5, 5.41) is 3.79. The third-order valence-electron chi connectivity index (χ3n) is 4.60. The highest BCUT2D eigenvalue weighted by atomic mass is 15.2. The lowest BCUT2D eigenvalue weighted by atomic mass is 9.92. The van der Waals surface area contributed by atoms with Crippen LogP contribution in [0.3, 0.4) is 0 Å². The van der Waals surface area contributed by atoms with E-state index in [1.165, 1.54) is 51.9 Å². The molecule has 1 unspecified atom stereocenters. The standard InChI is InChI=1S/C15H33N3/c1-6-15(7-2)13-18(11-8-10-16-15)14(3)9-12-17(4)5/h14,16H,6-13H2,1-5H3. The number of nitrogens with one attached hydrogen (secondary N) is 1. The third-order valence-corrected chi connectivity index (χ3v) is 4.60. The number of hydrogen-bond donors (Lipinski definition) is 1. The summed E-state index contributed by atoms with van der Waals surface area (Å²) in [5.41, 5.74) is 0.350. The minimum Gasteiger partial charge on any atom is -0.310 e. The van der Waals surface area contributed by atoms with Gasteiger partial charge in [-0.1, -0.05) is 13.8 Å². The highest BCUT2D eigenvalue weighted by Gasteiger charge is 2.31. The molecule has 0 aliphatic carbocycles. The lowest BCUT2D eigenvalue weighted by molar-refractivity contribution is 0.144. The highest BCUT2D eigenvalue weighted by molar-refractivity contribution is 4.92. The van der Waals surface area contributed by atoms with E-state index in [1.54, 1.807) is 0 Å². The van der Waals surface area contributed by atoms with E-state index in [0.29, 0.717) is 11.6 Å². The van der Waals surface area contributed by atoms with Crippen molar-refractivity contribution in [2.45, 2.75) is 58.0 Å². The van der Waals surface area contributed by atoms with Gasteiger partial charge < -0.3 is 10.2 Å². The van der Waals surface area contributed by atoms with Gasteiger partial charge >= 0.3 is 0 Å². The van der Waals surface area contributed by atoms with Gasteiger partial charge in [0, 0.05) is 18.1 Å². The molecule has 1 aliphatic heterocycles. The maximum atomic E-state index is 3.79. The Morgan fingerprint density at radius 2 is 1.94 bits per heavy atom. The third kappa shape index (κ3) is 4.52. The van der Waals surface area contributed by atoms with Gasteiger partial charge in [0.2, 0.25) is 0 Å². The fraction of sp³-hybridized carbons (Fsp3) is 1.00. The average Bonchev–Trinajstić information content (AvgIpc) is 2.59. The van der Waals surface area contributed by atoms with Crippen LogP contribution in [0.2, 0.25) is 0 Å². The van der Waals surface area contributed by atoms with E-state index in [2.05, 4.69) is 50.0 Å². The Kier molecular flexibility index (Phi) is 6.61. The maximum Gasteiger partial charge on any atom is 0.0303 e. The molecule has 0 aromatic rings. The van der Waals surface area contributed by atoms with E-state index < -0.39 is 0 Å². The molecule has 1 saturated heterocycles. The number of hydrogen-bond acceptors (Lipinski definition) is 3. The normalized spacial score (nSPS) is 23.0. The summed E-state index contributed by atoms with van der Waals surface area (Å²) in [6.45, 7) is 11.9. The molecule has 108 valence electrons. The molecule has 3 nitrogen and oxygen atoms in total. The van der Waals surface area contributed by atoms with Crippen LogP contribution in [0.4, 0.5) is 0 Å². The van der Waals surface area contributed by atoms with Gasteiger partial charge in [-0.15, -0.1) is 0 Å². The molecule has 0 bridgehead atoms. The predicted octanol–water partition coefficient (Wildman–Crippen LogP) is 2.18. The van der Waals surface area contributed by atoms with Crippen molar-refractivity contribution in [2.24, 2.45) is 0 Å². The maximum absolute atomic E-state index is 3.79. The van der Waals surface area contributed by atoms with Crippen LogP contribution >= 0.6 is 0 Å².